The van der Waals surface area contributed by atoms with E-state index in [9.17, 15) is 4.79 Å². The molecule has 1 aromatic carbocycles. The van der Waals surface area contributed by atoms with Crippen molar-refractivity contribution in [2.45, 2.75) is 44.2 Å². The Morgan fingerprint density at radius 1 is 1.17 bits per heavy atom. The summed E-state index contributed by atoms with van der Waals surface area (Å²) in [5.41, 5.74) is 7.38. The molecule has 2 aliphatic rings. The van der Waals surface area contributed by atoms with Gasteiger partial charge in [-0.3, -0.25) is 9.36 Å². The standard InChI is InChI=1S/C20H22N6O4/c1-20(2)29-14-12(8-21)28-19(15(14)30-20)26-10-24-13-16(22-9-23-17(13)26)25-18(27)11-6-4-3-5-7-11/h3-7,9-10,12,14-15,19H,8,21H2,1-2H3,(H,22,23,25,27)/t12-,14?,15+,19-/m1/s1. The van der Waals surface area contributed by atoms with E-state index in [-0.39, 0.29) is 24.2 Å². The predicted molar refractivity (Wildman–Crippen MR) is 107 cm³/mol. The first kappa shape index (κ1) is 19.1. The topological polar surface area (TPSA) is 126 Å². The molecule has 4 atom stereocenters. The number of aromatic nitrogens is 4. The zero-order valence-electron chi connectivity index (χ0n) is 16.6. The molecule has 0 aliphatic carbocycles. The van der Waals surface area contributed by atoms with Crippen LogP contribution in [0.4, 0.5) is 5.82 Å². The van der Waals surface area contributed by atoms with Crippen LogP contribution in [0.3, 0.4) is 0 Å². The molecule has 0 bridgehead atoms. The number of nitrogens with two attached hydrogens (primary N) is 1. The second-order valence-corrected chi connectivity index (χ2v) is 7.73. The van der Waals surface area contributed by atoms with Gasteiger partial charge in [-0.1, -0.05) is 18.2 Å². The van der Waals surface area contributed by atoms with Gasteiger partial charge < -0.3 is 25.3 Å². The van der Waals surface area contributed by atoms with Crippen LogP contribution in [-0.4, -0.2) is 56.1 Å². The van der Waals surface area contributed by atoms with Crippen LogP contribution in [0.5, 0.6) is 0 Å². The summed E-state index contributed by atoms with van der Waals surface area (Å²) in [5.74, 6) is -0.688. The minimum absolute atomic E-state index is 0.278. The lowest BCUT2D eigenvalue weighted by molar-refractivity contribution is -0.195. The molecular weight excluding hydrogens is 388 g/mol. The first-order chi connectivity index (χ1) is 14.5. The van der Waals surface area contributed by atoms with E-state index in [0.717, 1.165) is 0 Å². The van der Waals surface area contributed by atoms with E-state index in [1.54, 1.807) is 35.2 Å². The summed E-state index contributed by atoms with van der Waals surface area (Å²) in [6, 6.07) is 8.90. The highest BCUT2D eigenvalue weighted by atomic mass is 16.8. The second kappa shape index (κ2) is 7.10. The number of benzene rings is 1. The van der Waals surface area contributed by atoms with E-state index in [2.05, 4.69) is 20.3 Å². The summed E-state index contributed by atoms with van der Waals surface area (Å²) in [4.78, 5) is 25.5. The Hall–Kier alpha value is -2.92. The average molecular weight is 410 g/mol. The van der Waals surface area contributed by atoms with Crippen molar-refractivity contribution in [2.24, 2.45) is 5.73 Å². The molecule has 5 rings (SSSR count). The number of nitrogens with one attached hydrogen (secondary N) is 1. The highest BCUT2D eigenvalue weighted by molar-refractivity contribution is 6.06. The number of hydrogen-bond donors (Lipinski definition) is 2. The molecule has 3 aromatic rings. The number of anilines is 1. The fraction of sp³-hybridized carbons (Fsp3) is 0.400. The molecular formula is C20H22N6O4. The maximum Gasteiger partial charge on any atom is 0.256 e. The fourth-order valence-electron chi connectivity index (χ4n) is 3.97. The van der Waals surface area contributed by atoms with E-state index in [1.165, 1.54) is 6.33 Å². The molecule has 2 aliphatic heterocycles. The van der Waals surface area contributed by atoms with Gasteiger partial charge in [-0.15, -0.1) is 0 Å². The van der Waals surface area contributed by atoms with Gasteiger partial charge in [0.25, 0.3) is 5.91 Å². The molecule has 0 saturated carbocycles. The van der Waals surface area contributed by atoms with Gasteiger partial charge in [0.2, 0.25) is 0 Å². The molecule has 2 fully saturated rings. The summed E-state index contributed by atoms with van der Waals surface area (Å²) in [7, 11) is 0. The van der Waals surface area contributed by atoms with Crippen LogP contribution in [-0.2, 0) is 14.2 Å². The van der Waals surface area contributed by atoms with Gasteiger partial charge >= 0.3 is 0 Å². The normalized spacial score (nSPS) is 27.3. The summed E-state index contributed by atoms with van der Waals surface area (Å²) in [6.45, 7) is 4.03. The molecule has 4 heterocycles. The molecule has 156 valence electrons. The van der Waals surface area contributed by atoms with Crippen LogP contribution in [0.2, 0.25) is 0 Å². The first-order valence-electron chi connectivity index (χ1n) is 9.72. The van der Waals surface area contributed by atoms with Crippen molar-refractivity contribution in [3.63, 3.8) is 0 Å². The SMILES string of the molecule is CC1(C)OC2[C@@H](CN)O[C@@H](n3cnc4c(NC(=O)c5ccccc5)ncnc43)[C@H]2O1. The van der Waals surface area contributed by atoms with Crippen molar-refractivity contribution in [3.8, 4) is 0 Å². The lowest BCUT2D eigenvalue weighted by atomic mass is 10.1. The maximum atomic E-state index is 12.5. The minimum atomic E-state index is -0.731. The van der Waals surface area contributed by atoms with E-state index in [4.69, 9.17) is 19.9 Å². The molecule has 10 heteroatoms. The van der Waals surface area contributed by atoms with Crippen molar-refractivity contribution in [2.75, 3.05) is 11.9 Å². The zero-order valence-corrected chi connectivity index (χ0v) is 16.6. The Kier molecular flexibility index (Phi) is 4.51. The van der Waals surface area contributed by atoms with Gasteiger partial charge in [-0.25, -0.2) is 15.0 Å². The van der Waals surface area contributed by atoms with Gasteiger partial charge in [-0.2, -0.15) is 0 Å². The number of imidazole rings is 1. The highest BCUT2D eigenvalue weighted by Gasteiger charge is 2.55. The molecule has 0 radical (unpaired) electrons. The Labute approximate surface area is 172 Å². The van der Waals surface area contributed by atoms with Crippen LogP contribution in [0.25, 0.3) is 11.2 Å². The van der Waals surface area contributed by atoms with Crippen molar-refractivity contribution in [1.29, 1.82) is 0 Å². The third kappa shape index (κ3) is 3.14. The van der Waals surface area contributed by atoms with Crippen molar-refractivity contribution in [3.05, 3.63) is 48.5 Å². The van der Waals surface area contributed by atoms with Crippen LogP contribution in [0.15, 0.2) is 43.0 Å². The Balaban J connectivity index is 1.47. The lowest BCUT2D eigenvalue weighted by Gasteiger charge is -2.24. The summed E-state index contributed by atoms with van der Waals surface area (Å²) < 4.78 is 20.0. The smallest absolute Gasteiger partial charge is 0.256 e. The molecule has 1 amide bonds. The Morgan fingerprint density at radius 3 is 2.70 bits per heavy atom. The van der Waals surface area contributed by atoms with Gasteiger partial charge in [0.1, 0.15) is 24.6 Å². The molecule has 2 aromatic heterocycles. The minimum Gasteiger partial charge on any atom is -0.348 e. The number of nitrogens with zero attached hydrogens (tertiary/aromatic N) is 4. The number of fused-ring (bicyclic) bond motifs is 2. The number of rotatable bonds is 4. The number of ether oxygens (including phenoxy) is 3. The molecule has 0 spiro atoms. The maximum absolute atomic E-state index is 12.5. The average Bonchev–Trinajstić information content (AvgIpc) is 3.39. The third-order valence-corrected chi connectivity index (χ3v) is 5.26. The summed E-state index contributed by atoms with van der Waals surface area (Å²) in [5, 5.41) is 2.80. The molecule has 2 saturated heterocycles. The number of amides is 1. The first-order valence-corrected chi connectivity index (χ1v) is 9.72. The Bertz CT molecular complexity index is 1090. The summed E-state index contributed by atoms with van der Waals surface area (Å²) in [6.07, 6.45) is 1.52. The van der Waals surface area contributed by atoms with E-state index >= 15 is 0 Å². The van der Waals surface area contributed by atoms with Crippen molar-refractivity contribution in [1.82, 2.24) is 19.5 Å². The van der Waals surface area contributed by atoms with Gasteiger partial charge in [0, 0.05) is 12.1 Å². The quantitative estimate of drug-likeness (QED) is 0.662. The van der Waals surface area contributed by atoms with Crippen LogP contribution >= 0.6 is 0 Å². The lowest BCUT2D eigenvalue weighted by Crippen LogP contribution is -2.34. The van der Waals surface area contributed by atoms with Gasteiger partial charge in [0.15, 0.2) is 29.0 Å². The largest absolute Gasteiger partial charge is 0.348 e. The molecule has 30 heavy (non-hydrogen) atoms. The monoisotopic (exact) mass is 410 g/mol. The number of carbonyl (C=O) groups is 1. The molecule has 10 nitrogen and oxygen atoms in total. The van der Waals surface area contributed by atoms with E-state index < -0.39 is 12.0 Å². The highest BCUT2D eigenvalue weighted by Crippen LogP contribution is 2.43. The van der Waals surface area contributed by atoms with Gasteiger partial charge in [-0.05, 0) is 26.0 Å². The molecule has 1 unspecified atom stereocenters. The van der Waals surface area contributed by atoms with Gasteiger partial charge in [0.05, 0.1) is 6.33 Å². The molecule has 3 N–H and O–H groups in total. The number of hydrogen-bond acceptors (Lipinski definition) is 8. The van der Waals surface area contributed by atoms with Crippen LogP contribution in [0.1, 0.15) is 30.4 Å². The van der Waals surface area contributed by atoms with Crippen molar-refractivity contribution < 1.29 is 19.0 Å². The van der Waals surface area contributed by atoms with Crippen LogP contribution in [0, 0.1) is 0 Å². The fourth-order valence-corrected chi connectivity index (χ4v) is 3.97. The second-order valence-electron chi connectivity index (χ2n) is 7.73. The van der Waals surface area contributed by atoms with E-state index in [0.29, 0.717) is 29.1 Å². The van der Waals surface area contributed by atoms with Crippen LogP contribution < -0.4 is 11.1 Å². The zero-order chi connectivity index (χ0) is 20.9. The predicted octanol–water partition coefficient (Wildman–Crippen LogP) is 1.45. The van der Waals surface area contributed by atoms with Crippen molar-refractivity contribution >= 4 is 22.9 Å². The third-order valence-electron chi connectivity index (χ3n) is 5.26. The van der Waals surface area contributed by atoms with E-state index in [1.807, 2.05) is 19.9 Å². The summed E-state index contributed by atoms with van der Waals surface area (Å²) >= 11 is 0. The number of carbonyl (C=O) groups excluding carboxylic acids is 1. The Morgan fingerprint density at radius 2 is 1.93 bits per heavy atom.